The van der Waals surface area contributed by atoms with Crippen molar-refractivity contribution in [2.75, 3.05) is 0 Å². The van der Waals surface area contributed by atoms with Crippen LogP contribution >= 0.6 is 0 Å². The van der Waals surface area contributed by atoms with Crippen LogP contribution in [0.4, 0.5) is 0 Å². The van der Waals surface area contributed by atoms with Gasteiger partial charge in [0.05, 0.1) is 5.92 Å². The van der Waals surface area contributed by atoms with Gasteiger partial charge in [-0.3, -0.25) is 10.1 Å². The van der Waals surface area contributed by atoms with Gasteiger partial charge >= 0.3 is 5.97 Å². The Kier molecular flexibility index (Phi) is 9.56. The molecule has 0 amide bonds. The van der Waals surface area contributed by atoms with Crippen molar-refractivity contribution < 1.29 is 9.53 Å². The Morgan fingerprint density at radius 2 is 1.80 bits per heavy atom. The van der Waals surface area contributed by atoms with Crippen LogP contribution in [0.5, 0.6) is 0 Å². The Hall–Kier alpha value is -0.830. The first-order valence-electron chi connectivity index (χ1n) is 7.85. The van der Waals surface area contributed by atoms with Crippen molar-refractivity contribution in [1.29, 1.82) is 0 Å². The van der Waals surface area contributed by atoms with Crippen molar-refractivity contribution in [3.05, 3.63) is 12.7 Å². The van der Waals surface area contributed by atoms with Gasteiger partial charge in [0.25, 0.3) is 0 Å². The molecule has 2 unspecified atom stereocenters. The van der Waals surface area contributed by atoms with Gasteiger partial charge < -0.3 is 4.74 Å². The SMILES string of the molecule is C=CCCCCCCC(C)C(=O)OC(C)NC(C)(C)C. The Balaban J connectivity index is 3.78. The van der Waals surface area contributed by atoms with E-state index in [1.807, 2.05) is 19.9 Å². The lowest BCUT2D eigenvalue weighted by Crippen LogP contribution is -2.44. The van der Waals surface area contributed by atoms with E-state index >= 15 is 0 Å². The number of carbonyl (C=O) groups is 1. The number of hydrogen-bond donors (Lipinski definition) is 1. The molecule has 0 heterocycles. The van der Waals surface area contributed by atoms with E-state index in [2.05, 4.69) is 32.7 Å². The minimum absolute atomic E-state index is 0.0152. The second kappa shape index (κ2) is 9.98. The normalized spacial score (nSPS) is 14.7. The number of nitrogens with one attached hydrogen (secondary N) is 1. The molecule has 0 aliphatic rings. The van der Waals surface area contributed by atoms with Gasteiger partial charge in [-0.2, -0.15) is 0 Å². The molecule has 1 N–H and O–H groups in total. The van der Waals surface area contributed by atoms with Crippen LogP contribution in [0.25, 0.3) is 0 Å². The highest BCUT2D eigenvalue weighted by Crippen LogP contribution is 2.14. The first kappa shape index (κ1) is 19.2. The second-order valence-corrected chi connectivity index (χ2v) is 6.65. The van der Waals surface area contributed by atoms with Gasteiger partial charge in [0.1, 0.15) is 0 Å². The van der Waals surface area contributed by atoms with Crippen molar-refractivity contribution in [2.24, 2.45) is 5.92 Å². The van der Waals surface area contributed by atoms with Crippen molar-refractivity contribution in [1.82, 2.24) is 5.32 Å². The van der Waals surface area contributed by atoms with E-state index in [1.165, 1.54) is 19.3 Å². The molecule has 0 spiro atoms. The van der Waals surface area contributed by atoms with Crippen molar-refractivity contribution in [3.63, 3.8) is 0 Å². The molecule has 0 saturated heterocycles. The summed E-state index contributed by atoms with van der Waals surface area (Å²) in [5.41, 5.74) is -0.0475. The third kappa shape index (κ3) is 11.0. The fourth-order valence-electron chi connectivity index (χ4n) is 2.14. The van der Waals surface area contributed by atoms with E-state index in [0.29, 0.717) is 0 Å². The summed E-state index contributed by atoms with van der Waals surface area (Å²) in [6, 6.07) is 0. The van der Waals surface area contributed by atoms with Crippen molar-refractivity contribution >= 4 is 5.97 Å². The minimum atomic E-state index is -0.238. The fraction of sp³-hybridized carbons (Fsp3) is 0.824. The van der Waals surface area contributed by atoms with Crippen LogP contribution in [0.1, 0.15) is 73.1 Å². The highest BCUT2D eigenvalue weighted by molar-refractivity contribution is 5.72. The zero-order valence-electron chi connectivity index (χ0n) is 14.0. The lowest BCUT2D eigenvalue weighted by molar-refractivity contribution is -0.155. The molecule has 118 valence electrons. The van der Waals surface area contributed by atoms with Gasteiger partial charge in [0.15, 0.2) is 6.23 Å². The number of hydrogen-bond acceptors (Lipinski definition) is 3. The summed E-state index contributed by atoms with van der Waals surface area (Å²) in [4.78, 5) is 11.9. The Labute approximate surface area is 125 Å². The van der Waals surface area contributed by atoms with Crippen molar-refractivity contribution in [2.45, 2.75) is 84.9 Å². The molecule has 0 bridgehead atoms. The standard InChI is InChI=1S/C17H33NO2/c1-7-8-9-10-11-12-13-14(2)16(19)20-15(3)18-17(4,5)6/h7,14-15,18H,1,8-13H2,2-6H3. The largest absolute Gasteiger partial charge is 0.447 e. The molecule has 3 heteroatoms. The number of carbonyl (C=O) groups excluding carboxylic acids is 1. The van der Waals surface area contributed by atoms with Gasteiger partial charge in [-0.15, -0.1) is 6.58 Å². The first-order chi connectivity index (χ1) is 9.26. The molecule has 0 aliphatic heterocycles. The zero-order chi connectivity index (χ0) is 15.6. The number of unbranched alkanes of at least 4 members (excludes halogenated alkanes) is 4. The average Bonchev–Trinajstić information content (AvgIpc) is 2.30. The summed E-state index contributed by atoms with van der Waals surface area (Å²) in [6.07, 6.45) is 8.42. The van der Waals surface area contributed by atoms with Crippen LogP contribution in [0, 0.1) is 5.92 Å². The Morgan fingerprint density at radius 3 is 2.35 bits per heavy atom. The molecule has 0 aromatic carbocycles. The summed E-state index contributed by atoms with van der Waals surface area (Å²) >= 11 is 0. The van der Waals surface area contributed by atoms with Gasteiger partial charge in [-0.25, -0.2) is 0 Å². The van der Waals surface area contributed by atoms with E-state index in [9.17, 15) is 4.79 Å². The summed E-state index contributed by atoms with van der Waals surface area (Å²) in [5.74, 6) is -0.112. The summed E-state index contributed by atoms with van der Waals surface area (Å²) in [5, 5.41) is 3.24. The van der Waals surface area contributed by atoms with E-state index in [1.54, 1.807) is 0 Å². The highest BCUT2D eigenvalue weighted by atomic mass is 16.6. The van der Waals surface area contributed by atoms with E-state index < -0.39 is 0 Å². The predicted octanol–water partition coefficient (Wildman–Crippen LogP) is 4.43. The summed E-state index contributed by atoms with van der Waals surface area (Å²) in [6.45, 7) is 13.7. The molecule has 0 aromatic rings. The average molecular weight is 283 g/mol. The van der Waals surface area contributed by atoms with Crippen LogP contribution in [0.2, 0.25) is 0 Å². The first-order valence-corrected chi connectivity index (χ1v) is 7.85. The minimum Gasteiger partial charge on any atom is -0.447 e. The van der Waals surface area contributed by atoms with E-state index in [0.717, 1.165) is 19.3 Å². The molecular formula is C17H33NO2. The predicted molar refractivity (Wildman–Crippen MR) is 85.5 cm³/mol. The number of allylic oxidation sites excluding steroid dienone is 1. The fourth-order valence-corrected chi connectivity index (χ4v) is 2.14. The zero-order valence-corrected chi connectivity index (χ0v) is 14.0. The number of esters is 1. The molecule has 0 radical (unpaired) electrons. The lowest BCUT2D eigenvalue weighted by atomic mass is 10.0. The molecule has 0 fully saturated rings. The lowest BCUT2D eigenvalue weighted by Gasteiger charge is -2.26. The number of ether oxygens (including phenoxy) is 1. The van der Waals surface area contributed by atoms with Crippen molar-refractivity contribution in [3.8, 4) is 0 Å². The monoisotopic (exact) mass is 283 g/mol. The van der Waals surface area contributed by atoms with Crippen LogP contribution < -0.4 is 5.32 Å². The van der Waals surface area contributed by atoms with E-state index in [4.69, 9.17) is 4.74 Å². The Bertz CT molecular complexity index is 281. The van der Waals surface area contributed by atoms with Gasteiger partial charge in [0.2, 0.25) is 0 Å². The maximum atomic E-state index is 11.9. The van der Waals surface area contributed by atoms with Crippen LogP contribution in [-0.4, -0.2) is 17.7 Å². The quantitative estimate of drug-likeness (QED) is 0.279. The molecule has 0 rings (SSSR count). The maximum absolute atomic E-state index is 11.9. The molecule has 20 heavy (non-hydrogen) atoms. The molecule has 0 saturated carbocycles. The van der Waals surface area contributed by atoms with E-state index in [-0.39, 0.29) is 23.7 Å². The van der Waals surface area contributed by atoms with Crippen LogP contribution in [0.15, 0.2) is 12.7 Å². The van der Waals surface area contributed by atoms with Gasteiger partial charge in [-0.05, 0) is 47.0 Å². The van der Waals surface area contributed by atoms with Crippen LogP contribution in [-0.2, 0) is 9.53 Å². The van der Waals surface area contributed by atoms with Gasteiger partial charge in [-0.1, -0.05) is 32.3 Å². The maximum Gasteiger partial charge on any atom is 0.310 e. The third-order valence-electron chi connectivity index (χ3n) is 3.13. The van der Waals surface area contributed by atoms with Crippen LogP contribution in [0.3, 0.4) is 0 Å². The highest BCUT2D eigenvalue weighted by Gasteiger charge is 2.20. The molecule has 0 aliphatic carbocycles. The van der Waals surface area contributed by atoms with Gasteiger partial charge in [0, 0.05) is 5.54 Å². The smallest absolute Gasteiger partial charge is 0.310 e. The number of rotatable bonds is 10. The summed E-state index contributed by atoms with van der Waals surface area (Å²) in [7, 11) is 0. The third-order valence-corrected chi connectivity index (χ3v) is 3.13. The molecule has 3 nitrogen and oxygen atoms in total. The second-order valence-electron chi connectivity index (χ2n) is 6.65. The topological polar surface area (TPSA) is 38.3 Å². The summed E-state index contributed by atoms with van der Waals surface area (Å²) < 4.78 is 5.42. The Morgan fingerprint density at radius 1 is 1.20 bits per heavy atom. The molecule has 2 atom stereocenters. The molecule has 0 aromatic heterocycles. The molecular weight excluding hydrogens is 250 g/mol.